The van der Waals surface area contributed by atoms with E-state index in [2.05, 4.69) is 40.0 Å². The van der Waals surface area contributed by atoms with Crippen LogP contribution < -0.4 is 10.7 Å². The molecule has 9 heteroatoms. The first-order chi connectivity index (χ1) is 16.8. The number of aromatic nitrogens is 2. The Kier molecular flexibility index (Phi) is 8.97. The summed E-state index contributed by atoms with van der Waals surface area (Å²) in [5, 5.41) is 31.6. The molecule has 4 N–H and O–H groups in total. The maximum Gasteiger partial charge on any atom is 0.335 e. The van der Waals surface area contributed by atoms with Crippen LogP contribution in [-0.4, -0.2) is 43.2 Å². The van der Waals surface area contributed by atoms with Gasteiger partial charge in [0.15, 0.2) is 11.4 Å². The number of aromatic carboxylic acids is 1. The van der Waals surface area contributed by atoms with Crippen molar-refractivity contribution < 1.29 is 15.0 Å². The third kappa shape index (κ3) is 6.89. The number of nitrogens with zero attached hydrogens (tertiary/aromatic N) is 3. The second-order valence-corrected chi connectivity index (χ2v) is 8.78. The van der Waals surface area contributed by atoms with E-state index in [-0.39, 0.29) is 17.9 Å². The van der Waals surface area contributed by atoms with E-state index in [1.54, 1.807) is 30.8 Å². The summed E-state index contributed by atoms with van der Waals surface area (Å²) in [6, 6.07) is 14.5. The number of hydrazone groups is 1. The average Bonchev–Trinajstić information content (AvgIpc) is 3.14. The molecule has 0 spiro atoms. The van der Waals surface area contributed by atoms with E-state index >= 15 is 0 Å². The van der Waals surface area contributed by atoms with Crippen LogP contribution >= 0.6 is 12.2 Å². The maximum absolute atomic E-state index is 10.9. The number of aryl methyl sites for hydroxylation is 2. The molecule has 0 saturated carbocycles. The quantitative estimate of drug-likeness (QED) is 0.129. The van der Waals surface area contributed by atoms with Gasteiger partial charge in [0.1, 0.15) is 10.7 Å². The van der Waals surface area contributed by atoms with E-state index < -0.39 is 5.97 Å². The Balaban J connectivity index is 1.61. The highest BCUT2D eigenvalue weighted by Crippen LogP contribution is 2.32. The minimum absolute atomic E-state index is 0.0773. The number of anilines is 1. The molecule has 8 nitrogen and oxygen atoms in total. The number of carbonyl (C=O) groups is 1. The topological polar surface area (TPSA) is 112 Å². The first kappa shape index (κ1) is 25.9. The smallest absolute Gasteiger partial charge is 0.335 e. The van der Waals surface area contributed by atoms with Crippen LogP contribution in [0, 0.1) is 0 Å². The van der Waals surface area contributed by atoms with Crippen LogP contribution in [0.15, 0.2) is 53.6 Å². The summed E-state index contributed by atoms with van der Waals surface area (Å²) < 4.78 is 1.66. The molecule has 1 aromatic heterocycles. The standard InChI is InChI=1S/C26H31N5O3S/c1-4-5-6-7-18-8-10-19(11-9-18)24-25(32)23(30-31(24)3)17(2)29-27-16-22(35)28-21-14-12-20(13-15-21)26(33)34/h8-15,27,32H,4-7,16H2,1-3H3,(H,28,35)(H,33,34). The monoisotopic (exact) mass is 493 g/mol. The lowest BCUT2D eigenvalue weighted by atomic mass is 10.0. The molecule has 0 aliphatic heterocycles. The predicted molar refractivity (Wildman–Crippen MR) is 143 cm³/mol. The first-order valence-corrected chi connectivity index (χ1v) is 12.0. The number of nitrogens with one attached hydrogen (secondary N) is 2. The molecule has 0 aliphatic carbocycles. The second-order valence-electron chi connectivity index (χ2n) is 8.29. The van der Waals surface area contributed by atoms with Crippen LogP contribution in [0.4, 0.5) is 5.69 Å². The summed E-state index contributed by atoms with van der Waals surface area (Å²) in [4.78, 5) is 11.4. The molecule has 0 saturated heterocycles. The zero-order chi connectivity index (χ0) is 25.4. The van der Waals surface area contributed by atoms with E-state index in [1.165, 1.54) is 37.0 Å². The number of unbranched alkanes of at least 4 members (excludes halogenated alkanes) is 2. The molecular formula is C26H31N5O3S. The second kappa shape index (κ2) is 12.1. The largest absolute Gasteiger partial charge is 0.504 e. The Hall–Kier alpha value is -3.72. The van der Waals surface area contributed by atoms with Crippen LogP contribution in [-0.2, 0) is 13.5 Å². The number of hydrogen-bond donors (Lipinski definition) is 4. The normalized spacial score (nSPS) is 11.3. The van der Waals surface area contributed by atoms with Crippen LogP contribution in [0.2, 0.25) is 0 Å². The Labute approximate surface area is 210 Å². The van der Waals surface area contributed by atoms with Gasteiger partial charge in [0.05, 0.1) is 17.8 Å². The molecule has 0 radical (unpaired) electrons. The molecule has 2 aromatic carbocycles. The van der Waals surface area contributed by atoms with Crippen molar-refractivity contribution in [1.82, 2.24) is 15.2 Å². The number of carboxylic acids is 1. The highest BCUT2D eigenvalue weighted by molar-refractivity contribution is 7.80. The summed E-state index contributed by atoms with van der Waals surface area (Å²) in [7, 11) is 1.79. The Morgan fingerprint density at radius 2 is 1.80 bits per heavy atom. The van der Waals surface area contributed by atoms with Gasteiger partial charge in [-0.2, -0.15) is 10.2 Å². The number of benzene rings is 2. The summed E-state index contributed by atoms with van der Waals surface area (Å²) in [6.07, 6.45) is 4.65. The fourth-order valence-electron chi connectivity index (χ4n) is 3.67. The van der Waals surface area contributed by atoms with Crippen molar-refractivity contribution in [2.75, 3.05) is 11.9 Å². The van der Waals surface area contributed by atoms with Crippen molar-refractivity contribution in [3.8, 4) is 17.0 Å². The van der Waals surface area contributed by atoms with Gasteiger partial charge in [-0.1, -0.05) is 56.2 Å². The van der Waals surface area contributed by atoms with Crippen LogP contribution in [0.25, 0.3) is 11.3 Å². The molecule has 0 aliphatic rings. The van der Waals surface area contributed by atoms with E-state index in [0.717, 1.165) is 12.0 Å². The lowest BCUT2D eigenvalue weighted by Gasteiger charge is -2.08. The summed E-state index contributed by atoms with van der Waals surface area (Å²) >= 11 is 5.32. The lowest BCUT2D eigenvalue weighted by Crippen LogP contribution is -2.24. The fraction of sp³-hybridized carbons (Fsp3) is 0.308. The highest BCUT2D eigenvalue weighted by atomic mass is 32.1. The Morgan fingerprint density at radius 3 is 2.43 bits per heavy atom. The van der Waals surface area contributed by atoms with Gasteiger partial charge in [-0.05, 0) is 49.6 Å². The van der Waals surface area contributed by atoms with Gasteiger partial charge in [-0.25, -0.2) is 4.79 Å². The SMILES string of the molecule is CCCCCc1ccc(-c2c(O)c(C(C)=NNCC(=S)Nc3ccc(C(=O)O)cc3)nn2C)cc1. The number of rotatable bonds is 11. The van der Waals surface area contributed by atoms with Gasteiger partial charge in [-0.3, -0.25) is 4.68 Å². The highest BCUT2D eigenvalue weighted by Gasteiger charge is 2.19. The number of aromatic hydroxyl groups is 1. The molecular weight excluding hydrogens is 462 g/mol. The van der Waals surface area contributed by atoms with Crippen molar-refractivity contribution in [2.24, 2.45) is 12.1 Å². The van der Waals surface area contributed by atoms with Crippen LogP contribution in [0.5, 0.6) is 5.75 Å². The van der Waals surface area contributed by atoms with E-state index in [0.29, 0.717) is 27.8 Å². The van der Waals surface area contributed by atoms with Crippen molar-refractivity contribution in [3.05, 3.63) is 65.4 Å². The van der Waals surface area contributed by atoms with E-state index in [1.807, 2.05) is 12.1 Å². The van der Waals surface area contributed by atoms with Crippen molar-refractivity contribution in [2.45, 2.75) is 39.5 Å². The average molecular weight is 494 g/mol. The predicted octanol–water partition coefficient (Wildman–Crippen LogP) is 4.98. The van der Waals surface area contributed by atoms with Gasteiger partial charge in [0, 0.05) is 18.3 Å². The minimum atomic E-state index is -0.981. The zero-order valence-electron chi connectivity index (χ0n) is 20.2. The zero-order valence-corrected chi connectivity index (χ0v) is 21.0. The van der Waals surface area contributed by atoms with Gasteiger partial charge >= 0.3 is 5.97 Å². The third-order valence-electron chi connectivity index (χ3n) is 5.56. The molecule has 3 aromatic rings. The molecule has 0 amide bonds. The molecule has 184 valence electrons. The van der Waals surface area contributed by atoms with Gasteiger partial charge in [0.2, 0.25) is 0 Å². The van der Waals surface area contributed by atoms with E-state index in [9.17, 15) is 9.90 Å². The molecule has 0 unspecified atom stereocenters. The fourth-order valence-corrected chi connectivity index (χ4v) is 3.86. The summed E-state index contributed by atoms with van der Waals surface area (Å²) in [6.45, 7) is 4.21. The van der Waals surface area contributed by atoms with Gasteiger partial charge in [0.25, 0.3) is 0 Å². The molecule has 0 fully saturated rings. The number of carboxylic acid groups (broad SMARTS) is 1. The molecule has 0 bridgehead atoms. The summed E-state index contributed by atoms with van der Waals surface area (Å²) in [5.74, 6) is -0.903. The molecule has 3 rings (SSSR count). The third-order valence-corrected chi connectivity index (χ3v) is 5.81. The summed E-state index contributed by atoms with van der Waals surface area (Å²) in [5.41, 5.74) is 7.51. The van der Waals surface area contributed by atoms with E-state index in [4.69, 9.17) is 17.3 Å². The Bertz CT molecular complexity index is 1200. The first-order valence-electron chi connectivity index (χ1n) is 11.6. The van der Waals surface area contributed by atoms with Crippen molar-refractivity contribution in [1.29, 1.82) is 0 Å². The Morgan fingerprint density at radius 1 is 1.11 bits per heavy atom. The lowest BCUT2D eigenvalue weighted by molar-refractivity contribution is 0.0697. The van der Waals surface area contributed by atoms with Gasteiger partial charge in [-0.15, -0.1) is 0 Å². The van der Waals surface area contributed by atoms with Crippen LogP contribution in [0.3, 0.4) is 0 Å². The minimum Gasteiger partial charge on any atom is -0.504 e. The molecule has 0 atom stereocenters. The van der Waals surface area contributed by atoms with Gasteiger partial charge < -0.3 is 21.0 Å². The molecule has 1 heterocycles. The molecule has 35 heavy (non-hydrogen) atoms. The van der Waals surface area contributed by atoms with Crippen LogP contribution in [0.1, 0.15) is 54.7 Å². The van der Waals surface area contributed by atoms with Crippen molar-refractivity contribution >= 4 is 34.6 Å². The van der Waals surface area contributed by atoms with Crippen molar-refractivity contribution in [3.63, 3.8) is 0 Å². The maximum atomic E-state index is 10.9. The number of hydrogen-bond acceptors (Lipinski definition) is 6. The number of thiocarbonyl (C=S) groups is 1.